The summed E-state index contributed by atoms with van der Waals surface area (Å²) in [4.78, 5) is 41.6. The minimum Gasteiger partial charge on any atom is -0.496 e. The van der Waals surface area contributed by atoms with E-state index in [2.05, 4.69) is 10.2 Å². The Balaban J connectivity index is 1.53. The third-order valence-corrected chi connectivity index (χ3v) is 7.00. The molecule has 0 saturated carbocycles. The molecule has 4 rings (SSSR count). The summed E-state index contributed by atoms with van der Waals surface area (Å²) in [5.74, 6) is 0.299. The van der Waals surface area contributed by atoms with Crippen molar-refractivity contribution in [1.29, 1.82) is 0 Å². The van der Waals surface area contributed by atoms with Crippen molar-refractivity contribution in [3.63, 3.8) is 0 Å². The van der Waals surface area contributed by atoms with Crippen molar-refractivity contribution in [2.45, 2.75) is 26.7 Å². The number of rotatable bonds is 7. The van der Waals surface area contributed by atoms with Gasteiger partial charge in [-0.3, -0.25) is 19.3 Å². The Bertz CT molecular complexity index is 1200. The van der Waals surface area contributed by atoms with Crippen LogP contribution in [0.4, 0.5) is 16.2 Å². The molecule has 3 amide bonds. The van der Waals surface area contributed by atoms with E-state index >= 15 is 0 Å². The molecule has 0 unspecified atom stereocenters. The van der Waals surface area contributed by atoms with Gasteiger partial charge in [0.1, 0.15) is 18.0 Å². The summed E-state index contributed by atoms with van der Waals surface area (Å²) < 4.78 is 11.2. The van der Waals surface area contributed by atoms with Gasteiger partial charge in [-0.15, -0.1) is 0 Å². The standard InChI is InChI=1S/C26H29N3O5S/c1-16-7-8-19(17(2)11-16)27-24(30)15-29-25(31)23(35-26(29)32)13-18-12-22(34-4)20(14-21(18)33-3)28-9-5-6-10-28/h7-8,11-14H,5-6,9-10,15H2,1-4H3,(H,27,30). The Morgan fingerprint density at radius 1 is 1.06 bits per heavy atom. The first-order chi connectivity index (χ1) is 16.8. The van der Waals surface area contributed by atoms with Gasteiger partial charge in [0.2, 0.25) is 5.91 Å². The summed E-state index contributed by atoms with van der Waals surface area (Å²) in [7, 11) is 3.17. The molecule has 2 fully saturated rings. The van der Waals surface area contributed by atoms with E-state index in [9.17, 15) is 14.4 Å². The summed E-state index contributed by atoms with van der Waals surface area (Å²) in [5, 5.41) is 2.29. The number of anilines is 2. The second-order valence-corrected chi connectivity index (χ2v) is 9.59. The number of aryl methyl sites for hydroxylation is 2. The number of ether oxygens (including phenoxy) is 2. The minimum atomic E-state index is -0.514. The van der Waals surface area contributed by atoms with E-state index in [-0.39, 0.29) is 11.4 Å². The van der Waals surface area contributed by atoms with Gasteiger partial charge in [0.25, 0.3) is 11.1 Å². The zero-order valence-corrected chi connectivity index (χ0v) is 21.2. The predicted octanol–water partition coefficient (Wildman–Crippen LogP) is 4.60. The smallest absolute Gasteiger partial charge is 0.294 e. The van der Waals surface area contributed by atoms with Crippen LogP contribution >= 0.6 is 11.8 Å². The summed E-state index contributed by atoms with van der Waals surface area (Å²) in [6.07, 6.45) is 3.86. The molecule has 2 aromatic carbocycles. The van der Waals surface area contributed by atoms with E-state index in [4.69, 9.17) is 9.47 Å². The van der Waals surface area contributed by atoms with Gasteiger partial charge >= 0.3 is 0 Å². The van der Waals surface area contributed by atoms with Gasteiger partial charge in [0.15, 0.2) is 0 Å². The largest absolute Gasteiger partial charge is 0.496 e. The highest BCUT2D eigenvalue weighted by molar-refractivity contribution is 8.18. The van der Waals surface area contributed by atoms with E-state index in [1.54, 1.807) is 20.3 Å². The zero-order chi connectivity index (χ0) is 25.1. The van der Waals surface area contributed by atoms with Crippen LogP contribution in [0.5, 0.6) is 11.5 Å². The molecule has 2 aliphatic heterocycles. The Hall–Kier alpha value is -3.46. The highest BCUT2D eigenvalue weighted by atomic mass is 32.2. The molecule has 0 bridgehead atoms. The molecule has 184 valence electrons. The summed E-state index contributed by atoms with van der Waals surface area (Å²) in [5.41, 5.74) is 4.20. The molecule has 1 N–H and O–H groups in total. The molecule has 0 spiro atoms. The molecule has 0 aliphatic carbocycles. The molecule has 2 saturated heterocycles. The van der Waals surface area contributed by atoms with Crippen molar-refractivity contribution >= 4 is 46.3 Å². The number of nitrogens with zero attached hydrogens (tertiary/aromatic N) is 2. The van der Waals surface area contributed by atoms with Gasteiger partial charge in [0.05, 0.1) is 24.8 Å². The molecule has 9 heteroatoms. The molecule has 0 atom stereocenters. The van der Waals surface area contributed by atoms with Crippen LogP contribution in [0, 0.1) is 13.8 Å². The molecule has 2 aliphatic rings. The lowest BCUT2D eigenvalue weighted by molar-refractivity contribution is -0.127. The van der Waals surface area contributed by atoms with E-state index in [0.29, 0.717) is 22.7 Å². The predicted molar refractivity (Wildman–Crippen MR) is 138 cm³/mol. The lowest BCUT2D eigenvalue weighted by atomic mass is 10.1. The number of imide groups is 1. The van der Waals surface area contributed by atoms with Crippen LogP contribution in [-0.2, 0) is 9.59 Å². The lowest BCUT2D eigenvalue weighted by Gasteiger charge is -2.22. The molecule has 2 aromatic rings. The number of nitrogens with one attached hydrogen (secondary N) is 1. The van der Waals surface area contributed by atoms with Crippen LogP contribution in [-0.4, -0.2) is 55.8 Å². The van der Waals surface area contributed by atoms with Crippen molar-refractivity contribution in [3.05, 3.63) is 51.9 Å². The van der Waals surface area contributed by atoms with Crippen LogP contribution in [0.15, 0.2) is 35.2 Å². The Morgan fingerprint density at radius 2 is 1.77 bits per heavy atom. The van der Waals surface area contributed by atoms with Crippen LogP contribution in [0.3, 0.4) is 0 Å². The fourth-order valence-electron chi connectivity index (χ4n) is 4.29. The first-order valence-corrected chi connectivity index (χ1v) is 12.3. The normalized spacial score (nSPS) is 16.9. The molecular weight excluding hydrogens is 466 g/mol. The molecular formula is C26H29N3O5S. The van der Waals surface area contributed by atoms with Gasteiger partial charge in [-0.25, -0.2) is 0 Å². The lowest BCUT2D eigenvalue weighted by Crippen LogP contribution is -2.36. The average Bonchev–Trinajstić information content (AvgIpc) is 3.45. The Labute approximate surface area is 209 Å². The average molecular weight is 496 g/mol. The number of benzene rings is 2. The maximum atomic E-state index is 13.0. The maximum absolute atomic E-state index is 13.0. The summed E-state index contributed by atoms with van der Waals surface area (Å²) >= 11 is 0.804. The number of thioether (sulfide) groups is 1. The van der Waals surface area contributed by atoms with Crippen molar-refractivity contribution in [1.82, 2.24) is 4.90 Å². The topological polar surface area (TPSA) is 88.2 Å². The molecule has 35 heavy (non-hydrogen) atoms. The SMILES string of the molecule is COc1cc(N2CCCC2)c(OC)cc1C=C1SC(=O)N(CC(=O)Nc2ccc(C)cc2C)C1=O. The number of carbonyl (C=O) groups excluding carboxylic acids is 3. The molecule has 8 nitrogen and oxygen atoms in total. The second-order valence-electron chi connectivity index (χ2n) is 8.59. The highest BCUT2D eigenvalue weighted by Gasteiger charge is 2.36. The number of hydrogen-bond acceptors (Lipinski definition) is 7. The summed E-state index contributed by atoms with van der Waals surface area (Å²) in [6.45, 7) is 5.39. The Morgan fingerprint density at radius 3 is 2.43 bits per heavy atom. The summed E-state index contributed by atoms with van der Waals surface area (Å²) in [6, 6.07) is 9.37. The Kier molecular flexibility index (Phi) is 7.35. The number of amides is 3. The second kappa shape index (κ2) is 10.4. The quantitative estimate of drug-likeness (QED) is 0.562. The monoisotopic (exact) mass is 495 g/mol. The van der Waals surface area contributed by atoms with Crippen molar-refractivity contribution in [3.8, 4) is 11.5 Å². The van der Waals surface area contributed by atoms with Crippen molar-refractivity contribution in [2.24, 2.45) is 0 Å². The zero-order valence-electron chi connectivity index (χ0n) is 20.3. The van der Waals surface area contributed by atoms with Crippen LogP contribution < -0.4 is 19.7 Å². The molecule has 0 radical (unpaired) electrons. The number of methoxy groups -OCH3 is 2. The third-order valence-electron chi connectivity index (χ3n) is 6.10. The first kappa shape index (κ1) is 24.7. The van der Waals surface area contributed by atoms with Crippen molar-refractivity contribution in [2.75, 3.05) is 44.1 Å². The van der Waals surface area contributed by atoms with E-state index in [1.807, 2.05) is 44.2 Å². The minimum absolute atomic E-state index is 0.226. The van der Waals surface area contributed by atoms with Crippen LogP contribution in [0.2, 0.25) is 0 Å². The fraction of sp³-hybridized carbons (Fsp3) is 0.346. The van der Waals surface area contributed by atoms with E-state index in [1.165, 1.54) is 0 Å². The van der Waals surface area contributed by atoms with Gasteiger partial charge in [-0.05, 0) is 62.2 Å². The molecule has 0 aromatic heterocycles. The van der Waals surface area contributed by atoms with Gasteiger partial charge < -0.3 is 19.7 Å². The van der Waals surface area contributed by atoms with Crippen LogP contribution in [0.25, 0.3) is 6.08 Å². The number of carbonyl (C=O) groups is 3. The molecule has 2 heterocycles. The number of hydrogen-bond donors (Lipinski definition) is 1. The van der Waals surface area contributed by atoms with E-state index in [0.717, 1.165) is 59.4 Å². The highest BCUT2D eigenvalue weighted by Crippen LogP contribution is 2.40. The maximum Gasteiger partial charge on any atom is 0.294 e. The van der Waals surface area contributed by atoms with Crippen LogP contribution in [0.1, 0.15) is 29.5 Å². The first-order valence-electron chi connectivity index (χ1n) is 11.4. The van der Waals surface area contributed by atoms with Gasteiger partial charge in [0, 0.05) is 30.4 Å². The fourth-order valence-corrected chi connectivity index (χ4v) is 5.12. The van der Waals surface area contributed by atoms with E-state index < -0.39 is 17.1 Å². The van der Waals surface area contributed by atoms with Gasteiger partial charge in [-0.1, -0.05) is 17.7 Å². The third kappa shape index (κ3) is 5.30. The van der Waals surface area contributed by atoms with Crippen molar-refractivity contribution < 1.29 is 23.9 Å². The van der Waals surface area contributed by atoms with Gasteiger partial charge in [-0.2, -0.15) is 0 Å².